The summed E-state index contributed by atoms with van der Waals surface area (Å²) in [6, 6.07) is 24.4. The molecule has 34 heavy (non-hydrogen) atoms. The Morgan fingerprint density at radius 1 is 0.735 bits per heavy atom. The van der Waals surface area contributed by atoms with Gasteiger partial charge in [-0.15, -0.1) is 0 Å². The number of nitrogens with one attached hydrogen (secondary N) is 1. The van der Waals surface area contributed by atoms with E-state index in [2.05, 4.69) is 5.32 Å². The second-order valence-electron chi connectivity index (χ2n) is 7.77. The first-order chi connectivity index (χ1) is 16.5. The summed E-state index contributed by atoms with van der Waals surface area (Å²) >= 11 is 0. The molecule has 3 aromatic rings. The molecule has 2 amide bonds. The zero-order valence-electron chi connectivity index (χ0n) is 19.6. The first-order valence-corrected chi connectivity index (χ1v) is 11.5. The summed E-state index contributed by atoms with van der Waals surface area (Å²) in [5, 5.41) is 2.87. The highest BCUT2D eigenvalue weighted by Gasteiger charge is 2.20. The van der Waals surface area contributed by atoms with Gasteiger partial charge in [-0.25, -0.2) is 0 Å². The van der Waals surface area contributed by atoms with Crippen LogP contribution in [0.2, 0.25) is 0 Å². The fraction of sp³-hybridized carbons (Fsp3) is 0.250. The molecule has 6 heteroatoms. The van der Waals surface area contributed by atoms with Gasteiger partial charge in [0, 0.05) is 23.5 Å². The van der Waals surface area contributed by atoms with Gasteiger partial charge in [0.2, 0.25) is 5.91 Å². The van der Waals surface area contributed by atoms with Crippen LogP contribution in [0, 0.1) is 0 Å². The van der Waals surface area contributed by atoms with E-state index in [-0.39, 0.29) is 18.7 Å². The minimum Gasteiger partial charge on any atom is -0.456 e. The summed E-state index contributed by atoms with van der Waals surface area (Å²) < 4.78 is 5.14. The summed E-state index contributed by atoms with van der Waals surface area (Å²) in [7, 11) is 0. The Balaban J connectivity index is 1.56. The van der Waals surface area contributed by atoms with E-state index in [0.29, 0.717) is 11.4 Å². The molecular formula is C28H30N2O4. The van der Waals surface area contributed by atoms with Crippen molar-refractivity contribution in [2.75, 3.05) is 16.8 Å². The van der Waals surface area contributed by atoms with Crippen LogP contribution in [0.15, 0.2) is 78.9 Å². The Hall–Kier alpha value is -3.93. The third-order valence-corrected chi connectivity index (χ3v) is 5.45. The summed E-state index contributed by atoms with van der Waals surface area (Å²) in [4.78, 5) is 39.3. The van der Waals surface area contributed by atoms with Crippen molar-refractivity contribution in [2.24, 2.45) is 0 Å². The lowest BCUT2D eigenvalue weighted by Crippen LogP contribution is -2.27. The molecule has 6 nitrogen and oxygen atoms in total. The quantitative estimate of drug-likeness (QED) is 0.411. The predicted molar refractivity (Wildman–Crippen MR) is 134 cm³/mol. The summed E-state index contributed by atoms with van der Waals surface area (Å²) in [6.45, 7) is 3.65. The molecule has 0 saturated heterocycles. The number of aryl methyl sites for hydroxylation is 2. The van der Waals surface area contributed by atoms with Crippen LogP contribution in [0.25, 0.3) is 0 Å². The van der Waals surface area contributed by atoms with Crippen LogP contribution in [0.3, 0.4) is 0 Å². The van der Waals surface area contributed by atoms with Crippen LogP contribution < -0.4 is 10.2 Å². The number of rotatable bonds is 10. The Morgan fingerprint density at radius 2 is 1.26 bits per heavy atom. The van der Waals surface area contributed by atoms with Crippen molar-refractivity contribution >= 4 is 34.8 Å². The van der Waals surface area contributed by atoms with Crippen molar-refractivity contribution in [1.82, 2.24) is 0 Å². The Morgan fingerprint density at radius 3 is 1.76 bits per heavy atom. The fourth-order valence-electron chi connectivity index (χ4n) is 3.71. The van der Waals surface area contributed by atoms with Gasteiger partial charge in [-0.05, 0) is 48.2 Å². The number of hydrogen-bond acceptors (Lipinski definition) is 4. The molecule has 1 N–H and O–H groups in total. The van der Waals surface area contributed by atoms with Crippen molar-refractivity contribution < 1.29 is 19.1 Å². The Labute approximate surface area is 200 Å². The van der Waals surface area contributed by atoms with E-state index in [1.807, 2.05) is 92.7 Å². The monoisotopic (exact) mass is 458 g/mol. The van der Waals surface area contributed by atoms with E-state index in [4.69, 9.17) is 4.74 Å². The molecule has 0 aromatic heterocycles. The van der Waals surface area contributed by atoms with E-state index in [1.54, 1.807) is 4.90 Å². The van der Waals surface area contributed by atoms with Crippen molar-refractivity contribution in [3.8, 4) is 0 Å². The molecule has 0 radical (unpaired) electrons. The number of amides is 2. The number of carbonyl (C=O) groups excluding carboxylic acids is 3. The molecule has 0 saturated carbocycles. The van der Waals surface area contributed by atoms with Crippen LogP contribution in [0.4, 0.5) is 17.1 Å². The van der Waals surface area contributed by atoms with Gasteiger partial charge >= 0.3 is 5.97 Å². The number of para-hydroxylation sites is 3. The van der Waals surface area contributed by atoms with Gasteiger partial charge < -0.3 is 10.1 Å². The second kappa shape index (κ2) is 12.3. The maximum absolute atomic E-state index is 13.0. The molecule has 0 aliphatic rings. The third kappa shape index (κ3) is 6.54. The average molecular weight is 459 g/mol. The zero-order chi connectivity index (χ0) is 24.3. The van der Waals surface area contributed by atoms with Gasteiger partial charge in [-0.2, -0.15) is 0 Å². The van der Waals surface area contributed by atoms with Gasteiger partial charge in [-0.3, -0.25) is 19.3 Å². The highest BCUT2D eigenvalue weighted by atomic mass is 16.5. The number of esters is 1. The lowest BCUT2D eigenvalue weighted by atomic mass is 10.0. The Bertz CT molecular complexity index is 1050. The van der Waals surface area contributed by atoms with Crippen molar-refractivity contribution in [2.45, 2.75) is 39.5 Å². The molecule has 0 heterocycles. The number of ether oxygens (including phenoxy) is 1. The van der Waals surface area contributed by atoms with Crippen molar-refractivity contribution in [1.29, 1.82) is 0 Å². The lowest BCUT2D eigenvalue weighted by Gasteiger charge is -2.23. The molecule has 0 fully saturated rings. The zero-order valence-corrected chi connectivity index (χ0v) is 19.6. The number of benzene rings is 3. The molecule has 3 rings (SSSR count). The molecular weight excluding hydrogens is 428 g/mol. The van der Waals surface area contributed by atoms with Gasteiger partial charge in [-0.1, -0.05) is 68.4 Å². The van der Waals surface area contributed by atoms with Gasteiger partial charge in [0.15, 0.2) is 6.61 Å². The second-order valence-corrected chi connectivity index (χ2v) is 7.77. The van der Waals surface area contributed by atoms with Crippen LogP contribution >= 0.6 is 0 Å². The third-order valence-electron chi connectivity index (χ3n) is 5.45. The Kier molecular flexibility index (Phi) is 8.97. The van der Waals surface area contributed by atoms with E-state index in [9.17, 15) is 14.4 Å². The van der Waals surface area contributed by atoms with Crippen molar-refractivity contribution in [3.05, 3.63) is 90.0 Å². The first-order valence-electron chi connectivity index (χ1n) is 11.5. The van der Waals surface area contributed by atoms with Crippen LogP contribution in [-0.4, -0.2) is 24.4 Å². The topological polar surface area (TPSA) is 75.7 Å². The normalized spacial score (nSPS) is 10.4. The maximum atomic E-state index is 13.0. The summed E-state index contributed by atoms with van der Waals surface area (Å²) in [6.07, 6.45) is 1.41. The van der Waals surface area contributed by atoms with E-state index in [0.717, 1.165) is 29.7 Å². The minimum atomic E-state index is -0.593. The first kappa shape index (κ1) is 24.7. The SMILES string of the molecule is CCc1cccc(CC)c1NC(=O)COC(=O)CCC(=O)N(c1ccccc1)c1ccccc1. The summed E-state index contributed by atoms with van der Waals surface area (Å²) in [5.74, 6) is -1.22. The van der Waals surface area contributed by atoms with Crippen LogP contribution in [-0.2, 0) is 32.0 Å². The molecule has 0 bridgehead atoms. The van der Waals surface area contributed by atoms with E-state index >= 15 is 0 Å². The average Bonchev–Trinajstić information content (AvgIpc) is 2.87. The molecule has 0 atom stereocenters. The standard InChI is InChI=1S/C28H30N2O4/c1-3-21-12-11-13-22(4-2)28(21)29-25(31)20-34-27(33)19-18-26(32)30(23-14-7-5-8-15-23)24-16-9-6-10-17-24/h5-17H,3-4,18-20H2,1-2H3,(H,29,31). The molecule has 0 aliphatic heterocycles. The van der Waals surface area contributed by atoms with E-state index in [1.165, 1.54) is 0 Å². The number of anilines is 3. The highest BCUT2D eigenvalue weighted by molar-refractivity contribution is 6.01. The number of hydrogen-bond donors (Lipinski definition) is 1. The minimum absolute atomic E-state index is 0.0388. The number of nitrogens with zero attached hydrogens (tertiary/aromatic N) is 1. The molecule has 0 aliphatic carbocycles. The molecule has 0 unspecified atom stereocenters. The molecule has 176 valence electrons. The predicted octanol–water partition coefficient (Wildman–Crippen LogP) is 5.44. The summed E-state index contributed by atoms with van der Waals surface area (Å²) in [5.41, 5.74) is 4.28. The van der Waals surface area contributed by atoms with Gasteiger partial charge in [0.1, 0.15) is 0 Å². The number of carbonyl (C=O) groups is 3. The molecule has 0 spiro atoms. The highest BCUT2D eigenvalue weighted by Crippen LogP contribution is 2.26. The van der Waals surface area contributed by atoms with Crippen molar-refractivity contribution in [3.63, 3.8) is 0 Å². The maximum Gasteiger partial charge on any atom is 0.306 e. The smallest absolute Gasteiger partial charge is 0.306 e. The van der Waals surface area contributed by atoms with Gasteiger partial charge in [0.05, 0.1) is 6.42 Å². The largest absolute Gasteiger partial charge is 0.456 e. The van der Waals surface area contributed by atoms with E-state index < -0.39 is 18.5 Å². The van der Waals surface area contributed by atoms with Crippen LogP contribution in [0.1, 0.15) is 37.8 Å². The molecule has 3 aromatic carbocycles. The van der Waals surface area contributed by atoms with Crippen LogP contribution in [0.5, 0.6) is 0 Å². The fourth-order valence-corrected chi connectivity index (χ4v) is 3.71. The lowest BCUT2D eigenvalue weighted by molar-refractivity contribution is -0.148. The van der Waals surface area contributed by atoms with Gasteiger partial charge in [0.25, 0.3) is 5.91 Å².